The summed E-state index contributed by atoms with van der Waals surface area (Å²) in [6.45, 7) is 0.729. The average Bonchev–Trinajstić information content (AvgIpc) is 2.37. The molecule has 3 nitrogen and oxygen atoms in total. The zero-order chi connectivity index (χ0) is 14.0. The lowest BCUT2D eigenvalue weighted by Crippen LogP contribution is -2.47. The number of hydrogen-bond donors (Lipinski definition) is 0. The van der Waals surface area contributed by atoms with Crippen molar-refractivity contribution in [1.29, 1.82) is 0 Å². The predicted molar refractivity (Wildman–Crippen MR) is 87.4 cm³/mol. The quantitative estimate of drug-likeness (QED) is 0.750. The van der Waals surface area contributed by atoms with Crippen LogP contribution in [0.2, 0.25) is 5.02 Å². The van der Waals surface area contributed by atoms with Crippen LogP contribution >= 0.6 is 39.3 Å². The summed E-state index contributed by atoms with van der Waals surface area (Å²) in [6, 6.07) is 5.73. The molecule has 1 aliphatic heterocycles. The van der Waals surface area contributed by atoms with E-state index in [9.17, 15) is 8.42 Å². The summed E-state index contributed by atoms with van der Waals surface area (Å²) in [5.74, 6) is 1.54. The van der Waals surface area contributed by atoms with Gasteiger partial charge in [-0.05, 0) is 17.7 Å². The monoisotopic (exact) mass is 383 g/mol. The Hall–Kier alpha value is 0.0900. The van der Waals surface area contributed by atoms with Gasteiger partial charge in [0.15, 0.2) is 9.84 Å². The van der Waals surface area contributed by atoms with Crippen LogP contribution in [0.4, 0.5) is 5.69 Å². The first-order valence-electron chi connectivity index (χ1n) is 5.81. The molecule has 106 valence electrons. The summed E-state index contributed by atoms with van der Waals surface area (Å²) < 4.78 is 23.8. The Morgan fingerprint density at radius 3 is 2.84 bits per heavy atom. The Labute approximate surface area is 131 Å². The number of halogens is 2. The van der Waals surface area contributed by atoms with E-state index in [1.165, 1.54) is 6.26 Å². The van der Waals surface area contributed by atoms with Gasteiger partial charge in [-0.3, -0.25) is 0 Å². The molecule has 1 aromatic rings. The standard InChI is InChI=1S/C12H15BrClNO2S2/c1-19(16,17)12-8-18-5-4-15(12)10-3-2-9(7-13)11(14)6-10/h2-3,6,12H,4-5,7-8H2,1H3. The molecule has 1 aliphatic rings. The molecular weight excluding hydrogens is 370 g/mol. The SMILES string of the molecule is CS(=O)(=O)C1CSCCN1c1ccc(CBr)c(Cl)c1. The second-order valence-electron chi connectivity index (χ2n) is 4.46. The number of thioether (sulfide) groups is 1. The van der Waals surface area contributed by atoms with Gasteiger partial charge in [0.05, 0.1) is 0 Å². The first-order valence-corrected chi connectivity index (χ1v) is 10.4. The molecule has 0 radical (unpaired) electrons. The number of rotatable bonds is 3. The molecule has 0 amide bonds. The van der Waals surface area contributed by atoms with Gasteiger partial charge in [0.25, 0.3) is 0 Å². The van der Waals surface area contributed by atoms with Crippen LogP contribution in [-0.4, -0.2) is 38.1 Å². The molecular formula is C12H15BrClNO2S2. The van der Waals surface area contributed by atoms with Crippen molar-refractivity contribution in [2.45, 2.75) is 10.7 Å². The number of alkyl halides is 1. The summed E-state index contributed by atoms with van der Waals surface area (Å²) in [4.78, 5) is 1.94. The van der Waals surface area contributed by atoms with E-state index < -0.39 is 15.2 Å². The molecule has 1 unspecified atom stereocenters. The third-order valence-electron chi connectivity index (χ3n) is 3.09. The van der Waals surface area contributed by atoms with Crippen LogP contribution in [0, 0.1) is 0 Å². The van der Waals surface area contributed by atoms with E-state index in [-0.39, 0.29) is 0 Å². The third kappa shape index (κ3) is 3.60. The van der Waals surface area contributed by atoms with E-state index in [0.717, 1.165) is 23.5 Å². The van der Waals surface area contributed by atoms with E-state index in [2.05, 4.69) is 15.9 Å². The lowest BCUT2D eigenvalue weighted by molar-refractivity contribution is 0.584. The summed E-state index contributed by atoms with van der Waals surface area (Å²) in [7, 11) is -3.10. The minimum absolute atomic E-state index is 0.461. The number of hydrogen-bond acceptors (Lipinski definition) is 4. The highest BCUT2D eigenvalue weighted by Crippen LogP contribution is 2.30. The molecule has 1 atom stereocenters. The lowest BCUT2D eigenvalue weighted by Gasteiger charge is -2.36. The second kappa shape index (κ2) is 6.24. The summed E-state index contributed by atoms with van der Waals surface area (Å²) in [6.07, 6.45) is 1.30. The topological polar surface area (TPSA) is 37.4 Å². The van der Waals surface area contributed by atoms with E-state index in [1.807, 2.05) is 23.1 Å². The predicted octanol–water partition coefficient (Wildman–Crippen LogP) is 3.16. The van der Waals surface area contributed by atoms with Crippen LogP contribution in [0.1, 0.15) is 5.56 Å². The van der Waals surface area contributed by atoms with Gasteiger partial charge >= 0.3 is 0 Å². The molecule has 1 aromatic carbocycles. The highest BCUT2D eigenvalue weighted by atomic mass is 79.9. The van der Waals surface area contributed by atoms with Crippen molar-refractivity contribution in [3.05, 3.63) is 28.8 Å². The average molecular weight is 385 g/mol. The summed E-state index contributed by atoms with van der Waals surface area (Å²) >= 11 is 11.3. The van der Waals surface area contributed by atoms with E-state index >= 15 is 0 Å². The normalized spacial score (nSPS) is 20.6. The van der Waals surface area contributed by atoms with Crippen LogP contribution in [0.5, 0.6) is 0 Å². The fourth-order valence-electron chi connectivity index (χ4n) is 2.05. The Kier molecular flexibility index (Phi) is 5.09. The lowest BCUT2D eigenvalue weighted by atomic mass is 10.2. The van der Waals surface area contributed by atoms with Crippen LogP contribution in [0.15, 0.2) is 18.2 Å². The largest absolute Gasteiger partial charge is 0.353 e. The van der Waals surface area contributed by atoms with Gasteiger partial charge in [-0.15, -0.1) is 0 Å². The van der Waals surface area contributed by atoms with Crippen molar-refractivity contribution in [3.63, 3.8) is 0 Å². The molecule has 1 saturated heterocycles. The van der Waals surface area contributed by atoms with E-state index in [1.54, 1.807) is 11.8 Å². The van der Waals surface area contributed by atoms with Crippen LogP contribution in [0.3, 0.4) is 0 Å². The molecule has 0 spiro atoms. The number of nitrogens with zero attached hydrogens (tertiary/aromatic N) is 1. The molecule has 2 rings (SSSR count). The maximum Gasteiger partial charge on any atom is 0.169 e. The first kappa shape index (κ1) is 15.5. The van der Waals surface area contributed by atoms with Crippen LogP contribution in [0.25, 0.3) is 0 Å². The number of anilines is 1. The third-order valence-corrected chi connectivity index (χ3v) is 6.69. The molecule has 0 bridgehead atoms. The van der Waals surface area contributed by atoms with Crippen molar-refractivity contribution in [3.8, 4) is 0 Å². The van der Waals surface area contributed by atoms with Crippen molar-refractivity contribution < 1.29 is 8.42 Å². The zero-order valence-corrected chi connectivity index (χ0v) is 14.4. The Morgan fingerprint density at radius 2 is 2.26 bits per heavy atom. The van der Waals surface area contributed by atoms with Gasteiger partial charge in [-0.1, -0.05) is 33.6 Å². The summed E-state index contributed by atoms with van der Waals surface area (Å²) in [5, 5.41) is 0.897. The fraction of sp³-hybridized carbons (Fsp3) is 0.500. The van der Waals surface area contributed by atoms with Gasteiger partial charge in [-0.25, -0.2) is 8.42 Å². The molecule has 1 fully saturated rings. The highest BCUT2D eigenvalue weighted by Gasteiger charge is 2.31. The van der Waals surface area contributed by atoms with Gasteiger partial charge in [-0.2, -0.15) is 11.8 Å². The number of benzene rings is 1. The first-order chi connectivity index (χ1) is 8.93. The zero-order valence-electron chi connectivity index (χ0n) is 10.5. The molecule has 1 heterocycles. The minimum atomic E-state index is -3.10. The summed E-state index contributed by atoms with van der Waals surface area (Å²) in [5.41, 5.74) is 1.89. The molecule has 7 heteroatoms. The Morgan fingerprint density at radius 1 is 1.53 bits per heavy atom. The van der Waals surface area contributed by atoms with Gasteiger partial charge in [0, 0.05) is 40.3 Å². The maximum absolute atomic E-state index is 11.9. The second-order valence-corrected chi connectivity index (χ2v) is 8.78. The van der Waals surface area contributed by atoms with Gasteiger partial charge < -0.3 is 4.90 Å². The Bertz CT molecular complexity index is 565. The molecule has 0 N–H and O–H groups in total. The van der Waals surface area contributed by atoms with E-state index in [4.69, 9.17) is 11.6 Å². The van der Waals surface area contributed by atoms with Crippen LogP contribution in [-0.2, 0) is 15.2 Å². The molecule has 0 aliphatic carbocycles. The minimum Gasteiger partial charge on any atom is -0.353 e. The van der Waals surface area contributed by atoms with Gasteiger partial charge in [0.1, 0.15) is 5.37 Å². The van der Waals surface area contributed by atoms with Crippen molar-refractivity contribution >= 4 is 54.8 Å². The molecule has 0 saturated carbocycles. The molecule has 19 heavy (non-hydrogen) atoms. The van der Waals surface area contributed by atoms with E-state index in [0.29, 0.717) is 16.1 Å². The van der Waals surface area contributed by atoms with Crippen molar-refractivity contribution in [2.75, 3.05) is 29.2 Å². The fourth-order valence-corrected chi connectivity index (χ4v) is 5.79. The smallest absolute Gasteiger partial charge is 0.169 e. The number of sulfone groups is 1. The highest BCUT2D eigenvalue weighted by molar-refractivity contribution is 9.08. The van der Waals surface area contributed by atoms with Crippen molar-refractivity contribution in [2.24, 2.45) is 0 Å². The van der Waals surface area contributed by atoms with Gasteiger partial charge in [0.2, 0.25) is 0 Å². The maximum atomic E-state index is 11.9. The molecule has 0 aromatic heterocycles. The van der Waals surface area contributed by atoms with Crippen molar-refractivity contribution in [1.82, 2.24) is 0 Å². The van der Waals surface area contributed by atoms with Crippen LogP contribution < -0.4 is 4.90 Å². The Balaban J connectivity index is 2.35.